The van der Waals surface area contributed by atoms with Crippen molar-refractivity contribution in [3.8, 4) is 0 Å². The van der Waals surface area contributed by atoms with Crippen molar-refractivity contribution in [2.45, 2.75) is 19.4 Å². The Kier molecular flexibility index (Phi) is 4.04. The van der Waals surface area contributed by atoms with Crippen LogP contribution in [0.15, 0.2) is 34.7 Å². The molecule has 4 heteroatoms. The van der Waals surface area contributed by atoms with Crippen LogP contribution in [0.25, 0.3) is 0 Å². The average Bonchev–Trinajstić information content (AvgIpc) is 2.84. The second-order valence-electron chi connectivity index (χ2n) is 4.02. The molecule has 2 rings (SSSR count). The number of aryl methyl sites for hydroxylation is 1. The topological polar surface area (TPSA) is 25.2 Å². The van der Waals surface area contributed by atoms with E-state index in [9.17, 15) is 4.39 Å². The quantitative estimate of drug-likeness (QED) is 0.908. The van der Waals surface area contributed by atoms with Gasteiger partial charge in [-0.1, -0.05) is 30.7 Å². The first-order chi connectivity index (χ1) is 8.67. The average molecular weight is 268 g/mol. The Morgan fingerprint density at radius 3 is 2.72 bits per heavy atom. The summed E-state index contributed by atoms with van der Waals surface area (Å²) in [4.78, 5) is 0. The van der Waals surface area contributed by atoms with Crippen molar-refractivity contribution < 1.29 is 8.81 Å². The summed E-state index contributed by atoms with van der Waals surface area (Å²) in [5, 5.41) is 3.23. The van der Waals surface area contributed by atoms with Crippen LogP contribution in [0.5, 0.6) is 0 Å². The maximum Gasteiger partial charge on any atom is 0.142 e. The lowest BCUT2D eigenvalue weighted by Crippen LogP contribution is -2.17. The molecule has 1 aromatic heterocycles. The third kappa shape index (κ3) is 2.42. The highest BCUT2D eigenvalue weighted by Crippen LogP contribution is 2.30. The minimum absolute atomic E-state index is 0.131. The van der Waals surface area contributed by atoms with Crippen LogP contribution in [0.3, 0.4) is 0 Å². The zero-order valence-electron chi connectivity index (χ0n) is 10.3. The molecular weight excluding hydrogens is 253 g/mol. The molecule has 0 spiro atoms. The van der Waals surface area contributed by atoms with Gasteiger partial charge in [-0.3, -0.25) is 0 Å². The van der Waals surface area contributed by atoms with E-state index in [1.165, 1.54) is 6.07 Å². The number of nitrogens with one attached hydrogen (secondary N) is 1. The zero-order valence-corrected chi connectivity index (χ0v) is 11.1. The lowest BCUT2D eigenvalue weighted by molar-refractivity contribution is 0.433. The molecule has 18 heavy (non-hydrogen) atoms. The van der Waals surface area contributed by atoms with E-state index >= 15 is 0 Å². The molecule has 2 aromatic rings. The van der Waals surface area contributed by atoms with Gasteiger partial charge in [0.1, 0.15) is 17.3 Å². The Hall–Kier alpha value is -1.32. The normalized spacial score (nSPS) is 12.7. The molecule has 0 radical (unpaired) electrons. The molecule has 1 heterocycles. The minimum Gasteiger partial charge on any atom is -0.464 e. The van der Waals surface area contributed by atoms with Gasteiger partial charge in [0, 0.05) is 6.42 Å². The van der Waals surface area contributed by atoms with Crippen LogP contribution < -0.4 is 5.32 Å². The van der Waals surface area contributed by atoms with Crippen molar-refractivity contribution in [2.75, 3.05) is 7.05 Å². The maximum atomic E-state index is 13.5. The molecule has 0 saturated carbocycles. The van der Waals surface area contributed by atoms with Gasteiger partial charge in [0.15, 0.2) is 0 Å². The number of rotatable bonds is 4. The Morgan fingerprint density at radius 1 is 1.33 bits per heavy atom. The Bertz CT molecular complexity index is 538. The summed E-state index contributed by atoms with van der Waals surface area (Å²) < 4.78 is 19.2. The van der Waals surface area contributed by atoms with Gasteiger partial charge in [0.2, 0.25) is 0 Å². The summed E-state index contributed by atoms with van der Waals surface area (Å²) in [6.45, 7) is 2.02. The van der Waals surface area contributed by atoms with Crippen LogP contribution >= 0.6 is 11.6 Å². The third-order valence-electron chi connectivity index (χ3n) is 2.90. The summed E-state index contributed by atoms with van der Waals surface area (Å²) in [6.07, 6.45) is 0.827. The van der Waals surface area contributed by atoms with Crippen LogP contribution in [-0.2, 0) is 6.42 Å². The van der Waals surface area contributed by atoms with Gasteiger partial charge in [-0.25, -0.2) is 4.39 Å². The van der Waals surface area contributed by atoms with E-state index in [0.717, 1.165) is 17.9 Å². The molecule has 0 aliphatic rings. The lowest BCUT2D eigenvalue weighted by Gasteiger charge is -2.16. The molecule has 0 bridgehead atoms. The van der Waals surface area contributed by atoms with Gasteiger partial charge < -0.3 is 9.73 Å². The monoisotopic (exact) mass is 267 g/mol. The number of hydrogen-bond donors (Lipinski definition) is 1. The molecule has 0 aliphatic heterocycles. The molecule has 0 saturated heterocycles. The predicted octanol–water partition coefficient (Wildman–Crippen LogP) is 3.94. The second-order valence-corrected chi connectivity index (χ2v) is 4.40. The molecule has 1 atom stereocenters. The van der Waals surface area contributed by atoms with Gasteiger partial charge in [-0.05, 0) is 30.8 Å². The fourth-order valence-corrected chi connectivity index (χ4v) is 2.17. The Morgan fingerprint density at radius 2 is 2.11 bits per heavy atom. The van der Waals surface area contributed by atoms with Crippen molar-refractivity contribution in [1.82, 2.24) is 5.32 Å². The van der Waals surface area contributed by atoms with Crippen molar-refractivity contribution in [2.24, 2.45) is 0 Å². The zero-order chi connectivity index (χ0) is 13.1. The van der Waals surface area contributed by atoms with Crippen LogP contribution in [0.4, 0.5) is 4.39 Å². The van der Waals surface area contributed by atoms with Gasteiger partial charge in [-0.2, -0.15) is 0 Å². The SMILES string of the molecule is CCc1ccc(C(NC)c2cccc(F)c2Cl)o1. The van der Waals surface area contributed by atoms with Gasteiger partial charge in [-0.15, -0.1) is 0 Å². The number of benzene rings is 1. The fraction of sp³-hybridized carbons (Fsp3) is 0.286. The van der Waals surface area contributed by atoms with E-state index in [1.54, 1.807) is 19.2 Å². The van der Waals surface area contributed by atoms with Gasteiger partial charge >= 0.3 is 0 Å². The van der Waals surface area contributed by atoms with Crippen molar-refractivity contribution in [1.29, 1.82) is 0 Å². The molecule has 0 aliphatic carbocycles. The van der Waals surface area contributed by atoms with E-state index in [0.29, 0.717) is 5.56 Å². The summed E-state index contributed by atoms with van der Waals surface area (Å²) >= 11 is 6.00. The van der Waals surface area contributed by atoms with Gasteiger partial charge in [0.05, 0.1) is 11.1 Å². The van der Waals surface area contributed by atoms with Crippen LogP contribution in [-0.4, -0.2) is 7.05 Å². The van der Waals surface area contributed by atoms with Crippen LogP contribution in [0.1, 0.15) is 30.0 Å². The highest BCUT2D eigenvalue weighted by molar-refractivity contribution is 6.31. The van der Waals surface area contributed by atoms with E-state index in [2.05, 4.69) is 5.32 Å². The van der Waals surface area contributed by atoms with Crippen molar-refractivity contribution in [3.63, 3.8) is 0 Å². The molecular formula is C14H15ClFNO. The molecule has 0 fully saturated rings. The van der Waals surface area contributed by atoms with Crippen LogP contribution in [0, 0.1) is 5.82 Å². The largest absolute Gasteiger partial charge is 0.464 e. The predicted molar refractivity (Wildman–Crippen MR) is 70.4 cm³/mol. The Labute approximate surface area is 111 Å². The molecule has 0 amide bonds. The highest BCUT2D eigenvalue weighted by Gasteiger charge is 2.20. The number of hydrogen-bond acceptors (Lipinski definition) is 2. The molecule has 96 valence electrons. The molecule has 1 aromatic carbocycles. The summed E-state index contributed by atoms with van der Waals surface area (Å²) in [6, 6.07) is 8.35. The third-order valence-corrected chi connectivity index (χ3v) is 3.30. The molecule has 1 N–H and O–H groups in total. The summed E-state index contributed by atoms with van der Waals surface area (Å²) in [5.41, 5.74) is 0.677. The van der Waals surface area contributed by atoms with Crippen molar-refractivity contribution >= 4 is 11.6 Å². The summed E-state index contributed by atoms with van der Waals surface area (Å²) in [5.74, 6) is 1.22. The first-order valence-electron chi connectivity index (χ1n) is 5.87. The van der Waals surface area contributed by atoms with E-state index in [4.69, 9.17) is 16.0 Å². The first kappa shape index (κ1) is 13.1. The second kappa shape index (κ2) is 5.55. The maximum absolute atomic E-state index is 13.5. The molecule has 2 nitrogen and oxygen atoms in total. The van der Waals surface area contributed by atoms with Crippen molar-refractivity contribution in [3.05, 3.63) is 58.3 Å². The van der Waals surface area contributed by atoms with Gasteiger partial charge in [0.25, 0.3) is 0 Å². The van der Waals surface area contributed by atoms with E-state index in [-0.39, 0.29) is 11.1 Å². The highest BCUT2D eigenvalue weighted by atomic mass is 35.5. The van der Waals surface area contributed by atoms with E-state index in [1.807, 2.05) is 19.1 Å². The first-order valence-corrected chi connectivity index (χ1v) is 6.25. The lowest BCUT2D eigenvalue weighted by atomic mass is 10.0. The number of halogens is 2. The molecule has 1 unspecified atom stereocenters. The number of furan rings is 1. The smallest absolute Gasteiger partial charge is 0.142 e. The fourth-order valence-electron chi connectivity index (χ4n) is 1.93. The standard InChI is InChI=1S/C14H15ClFNO/c1-3-9-7-8-12(18-9)14(17-2)10-5-4-6-11(16)13(10)15/h4-8,14,17H,3H2,1-2H3. The Balaban J connectivity index is 2.41. The van der Waals surface area contributed by atoms with Crippen LogP contribution in [0.2, 0.25) is 5.02 Å². The summed E-state index contributed by atoms with van der Waals surface area (Å²) in [7, 11) is 1.79. The van der Waals surface area contributed by atoms with E-state index < -0.39 is 5.82 Å². The minimum atomic E-state index is -0.420.